The highest BCUT2D eigenvalue weighted by Crippen LogP contribution is 2.33. The van der Waals surface area contributed by atoms with Gasteiger partial charge in [0.1, 0.15) is 5.75 Å². The quantitative estimate of drug-likeness (QED) is 0.827. The second-order valence-corrected chi connectivity index (χ2v) is 6.95. The minimum Gasteiger partial charge on any atom is -0.435 e. The summed E-state index contributed by atoms with van der Waals surface area (Å²) in [7, 11) is 1.79. The third-order valence-electron chi connectivity index (χ3n) is 5.03. The molecule has 1 aromatic rings. The van der Waals surface area contributed by atoms with Crippen molar-refractivity contribution in [3.05, 3.63) is 29.8 Å². The second kappa shape index (κ2) is 8.81. The minimum absolute atomic E-state index is 0. The molecule has 2 fully saturated rings. The van der Waals surface area contributed by atoms with Gasteiger partial charge in [-0.15, -0.1) is 12.4 Å². The number of fused-ring (bicyclic) bond motifs is 2. The first-order chi connectivity index (χ1) is 11.5. The zero-order chi connectivity index (χ0) is 17.1. The monoisotopic (exact) mass is 374 g/mol. The van der Waals surface area contributed by atoms with Crippen LogP contribution in [0.1, 0.15) is 37.7 Å². The van der Waals surface area contributed by atoms with E-state index in [2.05, 4.69) is 10.1 Å². The summed E-state index contributed by atoms with van der Waals surface area (Å²) < 4.78 is 28.6. The Balaban J connectivity index is 0.00000225. The lowest BCUT2D eigenvalue weighted by Gasteiger charge is -2.30. The summed E-state index contributed by atoms with van der Waals surface area (Å²) >= 11 is 0. The largest absolute Gasteiger partial charge is 0.435 e. The molecular weight excluding hydrogens is 350 g/mol. The second-order valence-electron chi connectivity index (χ2n) is 6.95. The number of benzene rings is 1. The van der Waals surface area contributed by atoms with E-state index in [4.69, 9.17) is 0 Å². The summed E-state index contributed by atoms with van der Waals surface area (Å²) in [4.78, 5) is 14.2. The van der Waals surface area contributed by atoms with Crippen LogP contribution in [0.25, 0.3) is 0 Å². The molecule has 0 spiro atoms. The summed E-state index contributed by atoms with van der Waals surface area (Å²) in [6.07, 6.45) is 5.25. The summed E-state index contributed by atoms with van der Waals surface area (Å²) in [6, 6.07) is 7.62. The number of halogens is 3. The molecular formula is C18H25ClF2N2O2. The van der Waals surface area contributed by atoms with E-state index < -0.39 is 6.61 Å². The predicted molar refractivity (Wildman–Crippen MR) is 94.1 cm³/mol. The molecule has 0 radical (unpaired) electrons. The van der Waals surface area contributed by atoms with Gasteiger partial charge in [-0.1, -0.05) is 12.1 Å². The zero-order valence-corrected chi connectivity index (χ0v) is 15.1. The van der Waals surface area contributed by atoms with E-state index in [1.165, 1.54) is 25.0 Å². The van der Waals surface area contributed by atoms with Gasteiger partial charge < -0.3 is 15.0 Å². The number of carbonyl (C=O) groups is 1. The molecule has 2 heterocycles. The van der Waals surface area contributed by atoms with E-state index in [0.29, 0.717) is 31.0 Å². The van der Waals surface area contributed by atoms with Crippen LogP contribution in [0.5, 0.6) is 5.75 Å². The van der Waals surface area contributed by atoms with Crippen molar-refractivity contribution in [2.45, 2.75) is 57.3 Å². The maximum atomic E-state index is 12.4. The minimum atomic E-state index is -2.82. The van der Waals surface area contributed by atoms with Crippen molar-refractivity contribution in [1.82, 2.24) is 10.2 Å². The number of ether oxygens (including phenoxy) is 1. The van der Waals surface area contributed by atoms with E-state index in [1.807, 2.05) is 0 Å². The lowest BCUT2D eigenvalue weighted by atomic mass is 9.89. The molecule has 4 nitrogen and oxygen atoms in total. The van der Waals surface area contributed by atoms with Crippen molar-refractivity contribution in [3.8, 4) is 5.75 Å². The number of amides is 1. The lowest BCUT2D eigenvalue weighted by Crippen LogP contribution is -2.39. The van der Waals surface area contributed by atoms with Gasteiger partial charge in [0, 0.05) is 32.1 Å². The highest BCUT2D eigenvalue weighted by Gasteiger charge is 2.34. The van der Waals surface area contributed by atoms with Crippen molar-refractivity contribution >= 4 is 18.3 Å². The number of carbonyl (C=O) groups excluding carboxylic acids is 1. The topological polar surface area (TPSA) is 41.6 Å². The van der Waals surface area contributed by atoms with Gasteiger partial charge in [0.15, 0.2) is 0 Å². The predicted octanol–water partition coefficient (Wildman–Crippen LogP) is 3.59. The third kappa shape index (κ3) is 5.54. The van der Waals surface area contributed by atoms with Crippen molar-refractivity contribution in [2.75, 3.05) is 7.05 Å². The zero-order valence-electron chi connectivity index (χ0n) is 14.3. The standard InChI is InChI=1S/C18H24F2N2O2.ClH/c1-22(11-12-2-6-16(7-3-12)24-18(19)20)17(23)10-13-8-14-4-5-15(9-13)21-14;/h2-3,6-7,13-15,18,21H,4-5,8-11H2,1H3;1H. The SMILES string of the molecule is CN(Cc1ccc(OC(F)F)cc1)C(=O)CC1CC2CCC(C1)N2.Cl. The molecule has 0 aromatic heterocycles. The summed E-state index contributed by atoms with van der Waals surface area (Å²) in [5, 5.41) is 3.59. The first-order valence-corrected chi connectivity index (χ1v) is 8.53. The number of piperidine rings is 1. The van der Waals surface area contributed by atoms with E-state index in [1.54, 1.807) is 24.1 Å². The number of rotatable bonds is 6. The van der Waals surface area contributed by atoms with Crippen molar-refractivity contribution in [1.29, 1.82) is 0 Å². The van der Waals surface area contributed by atoms with Crippen molar-refractivity contribution in [2.24, 2.45) is 5.92 Å². The Morgan fingerprint density at radius 1 is 1.24 bits per heavy atom. The number of nitrogens with one attached hydrogen (secondary N) is 1. The number of alkyl halides is 2. The summed E-state index contributed by atoms with van der Waals surface area (Å²) in [5.74, 6) is 0.752. The number of hydrogen-bond acceptors (Lipinski definition) is 3. The van der Waals surface area contributed by atoms with E-state index in [0.717, 1.165) is 18.4 Å². The molecule has 7 heteroatoms. The Kier molecular flexibility index (Phi) is 7.02. The van der Waals surface area contributed by atoms with Gasteiger partial charge >= 0.3 is 6.61 Å². The van der Waals surface area contributed by atoms with Crippen LogP contribution in [-0.2, 0) is 11.3 Å². The third-order valence-corrected chi connectivity index (χ3v) is 5.03. The van der Waals surface area contributed by atoms with Crippen LogP contribution in [0.15, 0.2) is 24.3 Å². The lowest BCUT2D eigenvalue weighted by molar-refractivity contribution is -0.131. The Hall–Kier alpha value is -1.40. The molecule has 0 aliphatic carbocycles. The molecule has 0 saturated carbocycles. The fourth-order valence-corrected chi connectivity index (χ4v) is 3.88. The molecule has 2 atom stereocenters. The van der Waals surface area contributed by atoms with Gasteiger partial charge in [0.25, 0.3) is 0 Å². The smallest absolute Gasteiger partial charge is 0.387 e. The van der Waals surface area contributed by atoms with Crippen LogP contribution < -0.4 is 10.1 Å². The van der Waals surface area contributed by atoms with Crippen LogP contribution in [0.3, 0.4) is 0 Å². The molecule has 25 heavy (non-hydrogen) atoms. The molecule has 1 N–H and O–H groups in total. The molecule has 140 valence electrons. The molecule has 2 saturated heterocycles. The summed E-state index contributed by atoms with van der Waals surface area (Å²) in [6.45, 7) is -2.34. The molecule has 1 aromatic carbocycles. The van der Waals surface area contributed by atoms with E-state index >= 15 is 0 Å². The fraction of sp³-hybridized carbons (Fsp3) is 0.611. The first-order valence-electron chi connectivity index (χ1n) is 8.53. The molecule has 1 amide bonds. The maximum Gasteiger partial charge on any atom is 0.387 e. The fourth-order valence-electron chi connectivity index (χ4n) is 3.88. The Morgan fingerprint density at radius 3 is 2.40 bits per heavy atom. The van der Waals surface area contributed by atoms with Crippen molar-refractivity contribution < 1.29 is 18.3 Å². The molecule has 2 aliphatic rings. The van der Waals surface area contributed by atoms with Gasteiger partial charge in [0.05, 0.1) is 0 Å². The molecule has 2 bridgehead atoms. The average Bonchev–Trinajstić information content (AvgIpc) is 2.87. The molecule has 2 unspecified atom stereocenters. The van der Waals surface area contributed by atoms with E-state index in [-0.39, 0.29) is 24.1 Å². The molecule has 2 aliphatic heterocycles. The Labute approximate surface area is 153 Å². The normalized spacial score (nSPS) is 24.7. The Bertz CT molecular complexity index is 559. The first kappa shape index (κ1) is 19.9. The number of hydrogen-bond donors (Lipinski definition) is 1. The van der Waals surface area contributed by atoms with Gasteiger partial charge in [-0.3, -0.25) is 4.79 Å². The maximum absolute atomic E-state index is 12.4. The highest BCUT2D eigenvalue weighted by atomic mass is 35.5. The van der Waals surface area contributed by atoms with Gasteiger partial charge in [0.2, 0.25) is 5.91 Å². The molecule has 3 rings (SSSR count). The average molecular weight is 375 g/mol. The van der Waals surface area contributed by atoms with Crippen LogP contribution in [0, 0.1) is 5.92 Å². The van der Waals surface area contributed by atoms with E-state index in [9.17, 15) is 13.6 Å². The number of nitrogens with zero attached hydrogens (tertiary/aromatic N) is 1. The van der Waals surface area contributed by atoms with Gasteiger partial charge in [-0.05, 0) is 49.3 Å². The van der Waals surface area contributed by atoms with Crippen LogP contribution >= 0.6 is 12.4 Å². The van der Waals surface area contributed by atoms with Gasteiger partial charge in [-0.25, -0.2) is 0 Å². The highest BCUT2D eigenvalue weighted by molar-refractivity contribution is 5.85. The van der Waals surface area contributed by atoms with Crippen LogP contribution in [0.2, 0.25) is 0 Å². The summed E-state index contributed by atoms with van der Waals surface area (Å²) in [5.41, 5.74) is 0.901. The van der Waals surface area contributed by atoms with Crippen LogP contribution in [-0.4, -0.2) is 36.5 Å². The van der Waals surface area contributed by atoms with Crippen molar-refractivity contribution in [3.63, 3.8) is 0 Å². The van der Waals surface area contributed by atoms with Gasteiger partial charge in [-0.2, -0.15) is 8.78 Å². The Morgan fingerprint density at radius 2 is 1.84 bits per heavy atom. The van der Waals surface area contributed by atoms with Crippen LogP contribution in [0.4, 0.5) is 8.78 Å².